The number of carbonyl (C=O) groups excluding carboxylic acids is 1. The van der Waals surface area contributed by atoms with Crippen molar-refractivity contribution in [1.29, 1.82) is 0 Å². The highest BCUT2D eigenvalue weighted by atomic mass is 35.5. The van der Waals surface area contributed by atoms with E-state index in [1.807, 2.05) is 26.8 Å². The van der Waals surface area contributed by atoms with Crippen LogP contribution in [-0.2, 0) is 11.2 Å². The van der Waals surface area contributed by atoms with Crippen molar-refractivity contribution >= 4 is 17.7 Å². The number of likely N-dealkylation sites (tertiary alicyclic amines) is 1. The smallest absolute Gasteiger partial charge is 0.410 e. The minimum atomic E-state index is -0.453. The van der Waals surface area contributed by atoms with E-state index in [4.69, 9.17) is 16.3 Å². The van der Waals surface area contributed by atoms with Gasteiger partial charge in [0.2, 0.25) is 0 Å². The van der Waals surface area contributed by atoms with Crippen molar-refractivity contribution in [3.63, 3.8) is 0 Å². The first-order chi connectivity index (χ1) is 9.83. The normalized spacial score (nSPS) is 19.4. The molecule has 1 atom stereocenters. The zero-order valence-electron chi connectivity index (χ0n) is 12.8. The number of aromatic nitrogens is 2. The molecule has 1 aliphatic rings. The van der Waals surface area contributed by atoms with E-state index in [2.05, 4.69) is 10.2 Å². The fraction of sp³-hybridized carbons (Fsp3) is 0.667. The van der Waals surface area contributed by atoms with Crippen LogP contribution in [0.15, 0.2) is 12.1 Å². The Morgan fingerprint density at radius 3 is 2.81 bits per heavy atom. The molecule has 0 bridgehead atoms. The predicted octanol–water partition coefficient (Wildman–Crippen LogP) is 3.32. The SMILES string of the molecule is CC(C)(C)OC(=O)N1CCC[C@@H](Cc2ccc(Cl)nn2)C1. The van der Waals surface area contributed by atoms with E-state index in [9.17, 15) is 4.79 Å². The van der Waals surface area contributed by atoms with E-state index >= 15 is 0 Å². The third kappa shape index (κ3) is 5.16. The van der Waals surface area contributed by atoms with Crippen molar-refractivity contribution in [3.8, 4) is 0 Å². The van der Waals surface area contributed by atoms with Gasteiger partial charge < -0.3 is 9.64 Å². The highest BCUT2D eigenvalue weighted by Gasteiger charge is 2.27. The zero-order chi connectivity index (χ0) is 15.5. The van der Waals surface area contributed by atoms with Gasteiger partial charge in [-0.1, -0.05) is 11.6 Å². The molecule has 1 aromatic heterocycles. The highest BCUT2D eigenvalue weighted by Crippen LogP contribution is 2.22. The quantitative estimate of drug-likeness (QED) is 0.840. The van der Waals surface area contributed by atoms with Crippen LogP contribution in [-0.4, -0.2) is 39.9 Å². The maximum absolute atomic E-state index is 12.1. The van der Waals surface area contributed by atoms with Crippen molar-refractivity contribution in [2.75, 3.05) is 13.1 Å². The Bertz CT molecular complexity index is 485. The van der Waals surface area contributed by atoms with Gasteiger partial charge in [-0.3, -0.25) is 0 Å². The van der Waals surface area contributed by atoms with Crippen molar-refractivity contribution in [3.05, 3.63) is 23.0 Å². The second kappa shape index (κ2) is 6.60. The van der Waals surface area contributed by atoms with Gasteiger partial charge in [0, 0.05) is 13.1 Å². The summed E-state index contributed by atoms with van der Waals surface area (Å²) in [5.74, 6) is 0.391. The molecule has 21 heavy (non-hydrogen) atoms. The second-order valence-corrected chi connectivity index (χ2v) is 6.87. The fourth-order valence-electron chi connectivity index (χ4n) is 2.47. The molecule has 116 valence electrons. The Hall–Kier alpha value is -1.36. The van der Waals surface area contributed by atoms with Crippen LogP contribution in [0.5, 0.6) is 0 Å². The molecular formula is C15H22ClN3O2. The van der Waals surface area contributed by atoms with E-state index in [0.717, 1.165) is 31.5 Å². The number of piperidine rings is 1. The summed E-state index contributed by atoms with van der Waals surface area (Å²) in [5.41, 5.74) is 0.460. The summed E-state index contributed by atoms with van der Waals surface area (Å²) in [7, 11) is 0. The van der Waals surface area contributed by atoms with Crippen LogP contribution in [0.4, 0.5) is 4.79 Å². The number of rotatable bonds is 2. The van der Waals surface area contributed by atoms with Gasteiger partial charge in [0.25, 0.3) is 0 Å². The molecule has 0 radical (unpaired) electrons. The van der Waals surface area contributed by atoms with Crippen molar-refractivity contribution in [2.45, 2.75) is 45.6 Å². The number of nitrogens with zero attached hydrogens (tertiary/aromatic N) is 3. The van der Waals surface area contributed by atoms with Crippen molar-refractivity contribution in [1.82, 2.24) is 15.1 Å². The summed E-state index contributed by atoms with van der Waals surface area (Å²) < 4.78 is 5.43. The van der Waals surface area contributed by atoms with E-state index < -0.39 is 5.60 Å². The molecular weight excluding hydrogens is 290 g/mol. The molecule has 1 fully saturated rings. The van der Waals surface area contributed by atoms with E-state index in [1.165, 1.54) is 0 Å². The standard InChI is InChI=1S/C15H22ClN3O2/c1-15(2,3)21-14(20)19-8-4-5-11(10-19)9-12-6-7-13(16)18-17-12/h6-7,11H,4-5,8-10H2,1-3H3/t11-/m0/s1. The molecule has 1 aliphatic heterocycles. The first-order valence-corrected chi connectivity index (χ1v) is 7.67. The summed E-state index contributed by atoms with van der Waals surface area (Å²) in [6.07, 6.45) is 2.66. The predicted molar refractivity (Wildman–Crippen MR) is 81.3 cm³/mol. The van der Waals surface area contributed by atoms with Gasteiger partial charge in [-0.05, 0) is 58.1 Å². The van der Waals surface area contributed by atoms with Crippen LogP contribution in [0, 0.1) is 5.92 Å². The molecule has 0 unspecified atom stereocenters. The third-order valence-electron chi connectivity index (χ3n) is 3.36. The molecule has 1 aromatic rings. The lowest BCUT2D eigenvalue weighted by molar-refractivity contribution is 0.0165. The lowest BCUT2D eigenvalue weighted by atomic mass is 9.93. The Balaban J connectivity index is 1.91. The van der Waals surface area contributed by atoms with Crippen molar-refractivity contribution < 1.29 is 9.53 Å². The van der Waals surface area contributed by atoms with Gasteiger partial charge in [0.15, 0.2) is 5.15 Å². The maximum atomic E-state index is 12.1. The molecule has 6 heteroatoms. The van der Waals surface area contributed by atoms with E-state index in [-0.39, 0.29) is 6.09 Å². The lowest BCUT2D eigenvalue weighted by Crippen LogP contribution is -2.43. The van der Waals surface area contributed by atoms with Crippen LogP contribution in [0.3, 0.4) is 0 Å². The zero-order valence-corrected chi connectivity index (χ0v) is 13.6. The van der Waals surface area contributed by atoms with Gasteiger partial charge in [-0.25, -0.2) is 4.79 Å². The van der Waals surface area contributed by atoms with Gasteiger partial charge >= 0.3 is 6.09 Å². The molecule has 0 aromatic carbocycles. The molecule has 2 heterocycles. The minimum absolute atomic E-state index is 0.227. The largest absolute Gasteiger partial charge is 0.444 e. The maximum Gasteiger partial charge on any atom is 0.410 e. The molecule has 1 saturated heterocycles. The molecule has 0 spiro atoms. The number of ether oxygens (including phenoxy) is 1. The Labute approximate surface area is 130 Å². The van der Waals surface area contributed by atoms with Crippen LogP contribution in [0.1, 0.15) is 39.3 Å². The topological polar surface area (TPSA) is 55.3 Å². The van der Waals surface area contributed by atoms with Gasteiger partial charge in [-0.2, -0.15) is 5.10 Å². The molecule has 0 N–H and O–H groups in total. The van der Waals surface area contributed by atoms with Crippen molar-refractivity contribution in [2.24, 2.45) is 5.92 Å². The molecule has 1 amide bonds. The lowest BCUT2D eigenvalue weighted by Gasteiger charge is -2.34. The van der Waals surface area contributed by atoms with Crippen LogP contribution < -0.4 is 0 Å². The Kier molecular flexibility index (Phi) is 5.04. The Morgan fingerprint density at radius 2 is 2.19 bits per heavy atom. The molecule has 5 nitrogen and oxygen atoms in total. The van der Waals surface area contributed by atoms with E-state index in [0.29, 0.717) is 17.6 Å². The monoisotopic (exact) mass is 311 g/mol. The number of halogens is 1. The summed E-state index contributed by atoms with van der Waals surface area (Å²) in [4.78, 5) is 13.9. The van der Waals surface area contributed by atoms with Crippen LogP contribution >= 0.6 is 11.6 Å². The van der Waals surface area contributed by atoms with E-state index in [1.54, 1.807) is 11.0 Å². The molecule has 0 saturated carbocycles. The average Bonchev–Trinajstić information content (AvgIpc) is 2.40. The first-order valence-electron chi connectivity index (χ1n) is 7.29. The average molecular weight is 312 g/mol. The summed E-state index contributed by atoms with van der Waals surface area (Å²) in [6.45, 7) is 7.12. The molecule has 0 aliphatic carbocycles. The summed E-state index contributed by atoms with van der Waals surface area (Å²) in [6, 6.07) is 3.64. The number of hydrogen-bond acceptors (Lipinski definition) is 4. The fourth-order valence-corrected chi connectivity index (χ4v) is 2.57. The minimum Gasteiger partial charge on any atom is -0.444 e. The van der Waals surface area contributed by atoms with Gasteiger partial charge in [-0.15, -0.1) is 5.10 Å². The highest BCUT2D eigenvalue weighted by molar-refractivity contribution is 6.29. The second-order valence-electron chi connectivity index (χ2n) is 6.49. The summed E-state index contributed by atoms with van der Waals surface area (Å²) in [5, 5.41) is 8.34. The number of amides is 1. The third-order valence-corrected chi connectivity index (χ3v) is 3.56. The van der Waals surface area contributed by atoms with Crippen LogP contribution in [0.2, 0.25) is 5.15 Å². The van der Waals surface area contributed by atoms with Crippen LogP contribution in [0.25, 0.3) is 0 Å². The Morgan fingerprint density at radius 1 is 1.43 bits per heavy atom. The van der Waals surface area contributed by atoms with Gasteiger partial charge in [0.1, 0.15) is 5.60 Å². The number of carbonyl (C=O) groups is 1. The molecule has 2 rings (SSSR count). The summed E-state index contributed by atoms with van der Waals surface area (Å²) >= 11 is 5.74. The van der Waals surface area contributed by atoms with Gasteiger partial charge in [0.05, 0.1) is 5.69 Å². The first kappa shape index (κ1) is 16.0. The number of hydrogen-bond donors (Lipinski definition) is 0.